The zero-order valence-electron chi connectivity index (χ0n) is 10.8. The third-order valence-corrected chi connectivity index (χ3v) is 3.76. The molecule has 0 bridgehead atoms. The van der Waals surface area contributed by atoms with Gasteiger partial charge in [-0.2, -0.15) is 0 Å². The lowest BCUT2D eigenvalue weighted by atomic mass is 9.72. The minimum Gasteiger partial charge on any atom is -0.376 e. The van der Waals surface area contributed by atoms with E-state index in [1.165, 1.54) is 12.1 Å². The maximum Gasteiger partial charge on any atom is 0.126 e. The SMILES string of the molecule is CCNC(c1cc(F)cc(F)c1)C1(OC)CCC1. The van der Waals surface area contributed by atoms with Gasteiger partial charge in [0.1, 0.15) is 11.6 Å². The molecule has 1 aliphatic carbocycles. The van der Waals surface area contributed by atoms with Crippen LogP contribution in [-0.4, -0.2) is 19.3 Å². The van der Waals surface area contributed by atoms with Gasteiger partial charge in [0.2, 0.25) is 0 Å². The highest BCUT2D eigenvalue weighted by molar-refractivity contribution is 5.25. The Labute approximate surface area is 106 Å². The van der Waals surface area contributed by atoms with E-state index in [0.29, 0.717) is 5.56 Å². The van der Waals surface area contributed by atoms with Gasteiger partial charge >= 0.3 is 0 Å². The van der Waals surface area contributed by atoms with Crippen molar-refractivity contribution < 1.29 is 13.5 Å². The Hall–Kier alpha value is -1.00. The highest BCUT2D eigenvalue weighted by Gasteiger charge is 2.45. The molecular formula is C14H19F2NO. The fourth-order valence-corrected chi connectivity index (χ4v) is 2.69. The van der Waals surface area contributed by atoms with Crippen molar-refractivity contribution in [3.63, 3.8) is 0 Å². The van der Waals surface area contributed by atoms with E-state index in [2.05, 4.69) is 5.32 Å². The van der Waals surface area contributed by atoms with Gasteiger partial charge in [0.15, 0.2) is 0 Å². The highest BCUT2D eigenvalue weighted by atomic mass is 19.1. The van der Waals surface area contributed by atoms with E-state index in [9.17, 15) is 8.78 Å². The summed E-state index contributed by atoms with van der Waals surface area (Å²) in [4.78, 5) is 0. The van der Waals surface area contributed by atoms with Crippen molar-refractivity contribution in [1.82, 2.24) is 5.32 Å². The predicted molar refractivity (Wildman–Crippen MR) is 66.4 cm³/mol. The van der Waals surface area contributed by atoms with Gasteiger partial charge in [0.25, 0.3) is 0 Å². The Kier molecular flexibility index (Phi) is 3.97. The maximum absolute atomic E-state index is 13.3. The van der Waals surface area contributed by atoms with Gasteiger partial charge in [-0.25, -0.2) is 8.78 Å². The van der Waals surface area contributed by atoms with E-state index in [0.717, 1.165) is 31.9 Å². The fourth-order valence-electron chi connectivity index (χ4n) is 2.69. The Bertz CT molecular complexity index is 392. The van der Waals surface area contributed by atoms with Gasteiger partial charge in [-0.1, -0.05) is 6.92 Å². The summed E-state index contributed by atoms with van der Waals surface area (Å²) in [6.07, 6.45) is 2.92. The molecule has 0 aromatic heterocycles. The Morgan fingerprint density at radius 2 is 1.89 bits per heavy atom. The average Bonchev–Trinajstić information content (AvgIpc) is 2.25. The standard InChI is InChI=1S/C14H19F2NO/c1-3-17-13(14(18-2)5-4-6-14)10-7-11(15)9-12(16)8-10/h7-9,13,17H,3-6H2,1-2H3. The van der Waals surface area contributed by atoms with Crippen molar-refractivity contribution in [2.45, 2.75) is 37.8 Å². The Morgan fingerprint density at radius 1 is 1.28 bits per heavy atom. The summed E-state index contributed by atoms with van der Waals surface area (Å²) in [5.74, 6) is -1.09. The number of hydrogen-bond donors (Lipinski definition) is 1. The Morgan fingerprint density at radius 3 is 2.28 bits per heavy atom. The number of likely N-dealkylation sites (N-methyl/N-ethyl adjacent to an activating group) is 1. The van der Waals surface area contributed by atoms with Gasteiger partial charge in [-0.15, -0.1) is 0 Å². The number of benzene rings is 1. The van der Waals surface area contributed by atoms with Crippen LogP contribution in [0.2, 0.25) is 0 Å². The van der Waals surface area contributed by atoms with Crippen molar-refractivity contribution in [2.75, 3.05) is 13.7 Å². The average molecular weight is 255 g/mol. The number of ether oxygens (including phenoxy) is 1. The van der Waals surface area contributed by atoms with E-state index in [1.54, 1.807) is 7.11 Å². The molecular weight excluding hydrogens is 236 g/mol. The van der Waals surface area contributed by atoms with Crippen LogP contribution in [0, 0.1) is 11.6 Å². The molecule has 4 heteroatoms. The molecule has 2 rings (SSSR count). The van der Waals surface area contributed by atoms with E-state index in [1.807, 2.05) is 6.92 Å². The van der Waals surface area contributed by atoms with Crippen LogP contribution in [0.25, 0.3) is 0 Å². The molecule has 1 N–H and O–H groups in total. The maximum atomic E-state index is 13.3. The number of methoxy groups -OCH3 is 1. The van der Waals surface area contributed by atoms with Gasteiger partial charge in [0, 0.05) is 13.2 Å². The minimum atomic E-state index is -0.543. The number of nitrogens with one attached hydrogen (secondary N) is 1. The molecule has 1 atom stereocenters. The molecule has 0 radical (unpaired) electrons. The number of rotatable bonds is 5. The van der Waals surface area contributed by atoms with Gasteiger partial charge in [-0.05, 0) is 43.5 Å². The van der Waals surface area contributed by atoms with E-state index in [4.69, 9.17) is 4.74 Å². The molecule has 1 aliphatic rings. The molecule has 100 valence electrons. The minimum absolute atomic E-state index is 0.161. The monoisotopic (exact) mass is 255 g/mol. The molecule has 0 aliphatic heterocycles. The van der Waals surface area contributed by atoms with Crippen molar-refractivity contribution in [1.29, 1.82) is 0 Å². The third-order valence-electron chi connectivity index (χ3n) is 3.76. The Balaban J connectivity index is 2.34. The summed E-state index contributed by atoms with van der Waals surface area (Å²) in [7, 11) is 1.67. The molecule has 1 unspecified atom stereocenters. The lowest BCUT2D eigenvalue weighted by molar-refractivity contribution is -0.0995. The first-order valence-corrected chi connectivity index (χ1v) is 6.36. The predicted octanol–water partition coefficient (Wildman–Crippen LogP) is 3.18. The molecule has 1 aromatic carbocycles. The molecule has 1 fully saturated rings. The lowest BCUT2D eigenvalue weighted by Gasteiger charge is -2.47. The van der Waals surface area contributed by atoms with Crippen LogP contribution in [0.3, 0.4) is 0 Å². The normalized spacial score (nSPS) is 19.3. The second-order valence-corrected chi connectivity index (χ2v) is 4.82. The zero-order chi connectivity index (χ0) is 13.2. The fraction of sp³-hybridized carbons (Fsp3) is 0.571. The van der Waals surface area contributed by atoms with Crippen LogP contribution in [-0.2, 0) is 4.74 Å². The highest BCUT2D eigenvalue weighted by Crippen LogP contribution is 2.45. The molecule has 18 heavy (non-hydrogen) atoms. The first-order valence-electron chi connectivity index (χ1n) is 6.36. The van der Waals surface area contributed by atoms with Crippen molar-refractivity contribution in [3.05, 3.63) is 35.4 Å². The van der Waals surface area contributed by atoms with Gasteiger partial charge in [-0.3, -0.25) is 0 Å². The molecule has 1 saturated carbocycles. The molecule has 0 saturated heterocycles. The lowest BCUT2D eigenvalue weighted by Crippen LogP contribution is -2.50. The summed E-state index contributed by atoms with van der Waals surface area (Å²) in [5.41, 5.74) is 0.298. The van der Waals surface area contributed by atoms with Crippen molar-refractivity contribution in [2.24, 2.45) is 0 Å². The summed E-state index contributed by atoms with van der Waals surface area (Å²) in [5, 5.41) is 3.29. The van der Waals surface area contributed by atoms with Crippen LogP contribution in [0.4, 0.5) is 8.78 Å². The first kappa shape index (κ1) is 13.4. The summed E-state index contributed by atoms with van der Waals surface area (Å²) in [6.45, 7) is 2.71. The van der Waals surface area contributed by atoms with Crippen LogP contribution in [0.5, 0.6) is 0 Å². The molecule has 1 aromatic rings. The van der Waals surface area contributed by atoms with E-state index in [-0.39, 0.29) is 11.6 Å². The summed E-state index contributed by atoms with van der Waals surface area (Å²) in [6, 6.07) is 3.50. The van der Waals surface area contributed by atoms with E-state index >= 15 is 0 Å². The largest absolute Gasteiger partial charge is 0.376 e. The number of hydrogen-bond acceptors (Lipinski definition) is 2. The van der Waals surface area contributed by atoms with Crippen LogP contribution in [0.1, 0.15) is 37.8 Å². The first-order chi connectivity index (χ1) is 8.61. The topological polar surface area (TPSA) is 21.3 Å². The van der Waals surface area contributed by atoms with Gasteiger partial charge in [0.05, 0.1) is 11.6 Å². The van der Waals surface area contributed by atoms with Crippen LogP contribution >= 0.6 is 0 Å². The number of halogens is 2. The molecule has 0 spiro atoms. The van der Waals surface area contributed by atoms with Gasteiger partial charge < -0.3 is 10.1 Å². The second-order valence-electron chi connectivity index (χ2n) is 4.82. The third kappa shape index (κ3) is 2.40. The zero-order valence-corrected chi connectivity index (χ0v) is 10.8. The quantitative estimate of drug-likeness (QED) is 0.872. The van der Waals surface area contributed by atoms with Crippen molar-refractivity contribution in [3.8, 4) is 0 Å². The smallest absolute Gasteiger partial charge is 0.126 e. The van der Waals surface area contributed by atoms with Crippen LogP contribution in [0.15, 0.2) is 18.2 Å². The molecule has 0 amide bonds. The summed E-state index contributed by atoms with van der Waals surface area (Å²) < 4.78 is 32.3. The summed E-state index contributed by atoms with van der Waals surface area (Å²) >= 11 is 0. The molecule has 2 nitrogen and oxygen atoms in total. The second kappa shape index (κ2) is 5.33. The van der Waals surface area contributed by atoms with E-state index < -0.39 is 11.6 Å². The molecule has 0 heterocycles. The van der Waals surface area contributed by atoms with Crippen molar-refractivity contribution >= 4 is 0 Å². The van der Waals surface area contributed by atoms with Crippen LogP contribution < -0.4 is 5.32 Å².